The smallest absolute Gasteiger partial charge is 0.471 e. The summed E-state index contributed by atoms with van der Waals surface area (Å²) in [5.41, 5.74) is 0. The standard InChI is InChI=1S/C9H13F3N2O5/c1-3(7(17)18)13-6(16)5(4(2)15)14-8(19)9(10,11)12/h3-5,15H,1-2H3,(H,13,16)(H,14,19)(H,17,18)/t3-,4+,5-/m0/s1. The van der Waals surface area contributed by atoms with Crippen LogP contribution in [0.2, 0.25) is 0 Å². The van der Waals surface area contributed by atoms with E-state index in [1.165, 1.54) is 5.32 Å². The lowest BCUT2D eigenvalue weighted by atomic mass is 10.1. The number of rotatable bonds is 5. The molecule has 110 valence electrons. The second-order valence-corrected chi connectivity index (χ2v) is 3.76. The van der Waals surface area contributed by atoms with Gasteiger partial charge < -0.3 is 20.8 Å². The van der Waals surface area contributed by atoms with Gasteiger partial charge in [0.15, 0.2) is 0 Å². The predicted molar refractivity (Wildman–Crippen MR) is 54.9 cm³/mol. The van der Waals surface area contributed by atoms with E-state index in [-0.39, 0.29) is 0 Å². The molecule has 19 heavy (non-hydrogen) atoms. The molecule has 0 aliphatic heterocycles. The van der Waals surface area contributed by atoms with E-state index >= 15 is 0 Å². The highest BCUT2D eigenvalue weighted by molar-refractivity contribution is 5.92. The van der Waals surface area contributed by atoms with Crippen LogP contribution in [0.5, 0.6) is 0 Å². The molecule has 0 bridgehead atoms. The summed E-state index contributed by atoms with van der Waals surface area (Å²) in [5, 5.41) is 20.8. The third-order valence-electron chi connectivity index (χ3n) is 2.04. The number of hydrogen-bond donors (Lipinski definition) is 4. The maximum absolute atomic E-state index is 12.0. The molecular formula is C9H13F3N2O5. The summed E-state index contributed by atoms with van der Waals surface area (Å²) in [6, 6.07) is -3.28. The molecule has 0 aromatic carbocycles. The van der Waals surface area contributed by atoms with Crippen molar-refractivity contribution in [3.63, 3.8) is 0 Å². The van der Waals surface area contributed by atoms with Crippen molar-refractivity contribution < 1.29 is 37.8 Å². The van der Waals surface area contributed by atoms with E-state index in [4.69, 9.17) is 10.2 Å². The number of alkyl halides is 3. The van der Waals surface area contributed by atoms with Gasteiger partial charge in [0.05, 0.1) is 6.10 Å². The molecule has 0 saturated carbocycles. The van der Waals surface area contributed by atoms with Gasteiger partial charge in [0.1, 0.15) is 12.1 Å². The van der Waals surface area contributed by atoms with Crippen molar-refractivity contribution in [3.8, 4) is 0 Å². The van der Waals surface area contributed by atoms with Gasteiger partial charge in [0, 0.05) is 0 Å². The van der Waals surface area contributed by atoms with E-state index in [0.29, 0.717) is 0 Å². The molecule has 0 aliphatic carbocycles. The van der Waals surface area contributed by atoms with Crippen LogP contribution in [0, 0.1) is 0 Å². The maximum Gasteiger partial charge on any atom is 0.471 e. The van der Waals surface area contributed by atoms with Crippen LogP contribution >= 0.6 is 0 Å². The van der Waals surface area contributed by atoms with Gasteiger partial charge in [-0.1, -0.05) is 0 Å². The first-order chi connectivity index (χ1) is 8.46. The second-order valence-electron chi connectivity index (χ2n) is 3.76. The third-order valence-corrected chi connectivity index (χ3v) is 2.04. The normalized spacial score (nSPS) is 16.1. The summed E-state index contributed by atoms with van der Waals surface area (Å²) in [6.07, 6.45) is -6.85. The number of aliphatic hydroxyl groups is 1. The van der Waals surface area contributed by atoms with Crippen LogP contribution in [-0.2, 0) is 14.4 Å². The van der Waals surface area contributed by atoms with Gasteiger partial charge in [-0.15, -0.1) is 0 Å². The Kier molecular flexibility index (Phi) is 5.75. The topological polar surface area (TPSA) is 116 Å². The molecule has 10 heteroatoms. The van der Waals surface area contributed by atoms with Gasteiger partial charge >= 0.3 is 18.1 Å². The maximum atomic E-state index is 12.0. The molecule has 4 N–H and O–H groups in total. The second kappa shape index (κ2) is 6.36. The van der Waals surface area contributed by atoms with Gasteiger partial charge in [-0.25, -0.2) is 0 Å². The molecule has 0 rings (SSSR count). The first-order valence-electron chi connectivity index (χ1n) is 5.05. The average Bonchev–Trinajstić information content (AvgIpc) is 2.22. The summed E-state index contributed by atoms with van der Waals surface area (Å²) >= 11 is 0. The predicted octanol–water partition coefficient (Wildman–Crippen LogP) is -0.996. The van der Waals surface area contributed by atoms with E-state index in [0.717, 1.165) is 13.8 Å². The van der Waals surface area contributed by atoms with Gasteiger partial charge in [0.2, 0.25) is 5.91 Å². The lowest BCUT2D eigenvalue weighted by Crippen LogP contribution is -2.57. The molecule has 0 aromatic heterocycles. The van der Waals surface area contributed by atoms with Gasteiger partial charge in [0.25, 0.3) is 0 Å². The Morgan fingerprint density at radius 2 is 1.58 bits per heavy atom. The highest BCUT2D eigenvalue weighted by atomic mass is 19.4. The molecule has 7 nitrogen and oxygen atoms in total. The van der Waals surface area contributed by atoms with Crippen molar-refractivity contribution in [2.75, 3.05) is 0 Å². The van der Waals surface area contributed by atoms with Crippen molar-refractivity contribution in [2.45, 2.75) is 38.2 Å². The molecule has 0 aliphatic rings. The van der Waals surface area contributed by atoms with Crippen LogP contribution < -0.4 is 10.6 Å². The zero-order valence-electron chi connectivity index (χ0n) is 9.99. The highest BCUT2D eigenvalue weighted by Crippen LogP contribution is 2.14. The van der Waals surface area contributed by atoms with Crippen LogP contribution in [0.4, 0.5) is 13.2 Å². The first-order valence-corrected chi connectivity index (χ1v) is 5.05. The lowest BCUT2D eigenvalue weighted by Gasteiger charge is -2.22. The number of halogens is 3. The number of hydrogen-bond acceptors (Lipinski definition) is 4. The number of carbonyl (C=O) groups is 3. The fourth-order valence-electron chi connectivity index (χ4n) is 0.993. The number of carboxylic acid groups (broad SMARTS) is 1. The zero-order valence-corrected chi connectivity index (χ0v) is 9.99. The summed E-state index contributed by atoms with van der Waals surface area (Å²) in [5.74, 6) is -5.06. The van der Waals surface area contributed by atoms with E-state index in [1.54, 1.807) is 0 Å². The molecule has 0 fully saturated rings. The third kappa shape index (κ3) is 5.55. The fourth-order valence-corrected chi connectivity index (χ4v) is 0.993. The van der Waals surface area contributed by atoms with Crippen LogP contribution in [0.25, 0.3) is 0 Å². The van der Waals surface area contributed by atoms with Crippen LogP contribution in [0.3, 0.4) is 0 Å². The van der Waals surface area contributed by atoms with Crippen molar-refractivity contribution in [3.05, 3.63) is 0 Å². The van der Waals surface area contributed by atoms with Crippen molar-refractivity contribution in [1.82, 2.24) is 10.6 Å². The molecule has 0 unspecified atom stereocenters. The average molecular weight is 286 g/mol. The number of amides is 2. The monoisotopic (exact) mass is 286 g/mol. The zero-order chi connectivity index (χ0) is 15.4. The van der Waals surface area contributed by atoms with E-state index < -0.39 is 42.1 Å². The molecule has 0 heterocycles. The summed E-state index contributed by atoms with van der Waals surface area (Å²) in [7, 11) is 0. The fraction of sp³-hybridized carbons (Fsp3) is 0.667. The van der Waals surface area contributed by atoms with Gasteiger partial charge in [-0.05, 0) is 13.8 Å². The molecule has 0 saturated heterocycles. The van der Waals surface area contributed by atoms with Crippen molar-refractivity contribution >= 4 is 17.8 Å². The Labute approximate surface area is 105 Å². The first kappa shape index (κ1) is 17.2. The quantitative estimate of drug-likeness (QED) is 0.517. The Balaban J connectivity index is 4.79. The Morgan fingerprint density at radius 1 is 1.11 bits per heavy atom. The van der Waals surface area contributed by atoms with Crippen LogP contribution in [-0.4, -0.2) is 52.4 Å². The lowest BCUT2D eigenvalue weighted by molar-refractivity contribution is -0.175. The minimum Gasteiger partial charge on any atom is -0.480 e. The minimum absolute atomic E-state index is 0.979. The van der Waals surface area contributed by atoms with Crippen LogP contribution in [0.15, 0.2) is 0 Å². The molecule has 0 aromatic rings. The largest absolute Gasteiger partial charge is 0.480 e. The number of aliphatic carboxylic acids is 1. The Bertz CT molecular complexity index is 369. The summed E-state index contributed by atoms with van der Waals surface area (Å²) < 4.78 is 36.0. The van der Waals surface area contributed by atoms with Gasteiger partial charge in [-0.3, -0.25) is 14.4 Å². The molecule has 0 radical (unpaired) electrons. The van der Waals surface area contributed by atoms with Gasteiger partial charge in [-0.2, -0.15) is 13.2 Å². The van der Waals surface area contributed by atoms with E-state index in [9.17, 15) is 27.6 Å². The summed E-state index contributed by atoms with van der Waals surface area (Å²) in [6.45, 7) is 2.05. The number of aliphatic hydroxyl groups excluding tert-OH is 1. The minimum atomic E-state index is -5.22. The highest BCUT2D eigenvalue weighted by Gasteiger charge is 2.42. The molecule has 0 spiro atoms. The molecule has 2 amide bonds. The number of carboxylic acids is 1. The SMILES string of the molecule is C[C@H](NC(=O)[C@@H](NC(=O)C(F)(F)F)[C@@H](C)O)C(=O)O. The Hall–Kier alpha value is -1.84. The van der Waals surface area contributed by atoms with E-state index in [2.05, 4.69) is 0 Å². The summed E-state index contributed by atoms with van der Waals surface area (Å²) in [4.78, 5) is 32.6. The Morgan fingerprint density at radius 3 is 1.89 bits per heavy atom. The number of nitrogens with one attached hydrogen (secondary N) is 2. The van der Waals surface area contributed by atoms with Crippen molar-refractivity contribution in [2.24, 2.45) is 0 Å². The molecular weight excluding hydrogens is 273 g/mol. The molecule has 3 atom stereocenters. The van der Waals surface area contributed by atoms with Crippen LogP contribution in [0.1, 0.15) is 13.8 Å². The number of carbonyl (C=O) groups excluding carboxylic acids is 2. The van der Waals surface area contributed by atoms with E-state index in [1.807, 2.05) is 5.32 Å². The van der Waals surface area contributed by atoms with Crippen molar-refractivity contribution in [1.29, 1.82) is 0 Å².